The molecule has 2 amide bonds. The van der Waals surface area contributed by atoms with Crippen molar-refractivity contribution >= 4 is 11.8 Å². The van der Waals surface area contributed by atoms with Crippen LogP contribution in [0.25, 0.3) is 0 Å². The van der Waals surface area contributed by atoms with Crippen molar-refractivity contribution in [3.8, 4) is 5.75 Å². The molecule has 1 aromatic carbocycles. The summed E-state index contributed by atoms with van der Waals surface area (Å²) in [5.41, 5.74) is 2.35. The van der Waals surface area contributed by atoms with Crippen LogP contribution in [-0.4, -0.2) is 54.7 Å². The maximum absolute atomic E-state index is 13.0. The third kappa shape index (κ3) is 5.15. The number of hydrogen-bond acceptors (Lipinski definition) is 5. The molecule has 0 radical (unpaired) electrons. The highest BCUT2D eigenvalue weighted by molar-refractivity contribution is 6.01. The average Bonchev–Trinajstić information content (AvgIpc) is 3.00. The van der Waals surface area contributed by atoms with Crippen LogP contribution in [0.4, 0.5) is 0 Å². The molecule has 0 bridgehead atoms. The van der Waals surface area contributed by atoms with Crippen molar-refractivity contribution in [1.29, 1.82) is 0 Å². The molecule has 184 valence electrons. The number of allylic oxidation sites excluding steroid dienone is 1. The fourth-order valence-electron chi connectivity index (χ4n) is 5.80. The number of ether oxygens (including phenoxy) is 2. The van der Waals surface area contributed by atoms with Crippen molar-refractivity contribution in [1.82, 2.24) is 15.5 Å². The SMILES string of the molecule is C=C1CCC(N2Cc3cc(O[C@@H]4CCCCC[C@H]4NCC4CCOCC4)ccc3C2=O)C(=O)N1. The highest BCUT2D eigenvalue weighted by Crippen LogP contribution is 2.32. The summed E-state index contributed by atoms with van der Waals surface area (Å²) in [6.07, 6.45) is 9.55. The second-order valence-corrected chi connectivity index (χ2v) is 10.3. The molecule has 3 aliphatic heterocycles. The summed E-state index contributed by atoms with van der Waals surface area (Å²) in [4.78, 5) is 27.2. The molecule has 0 spiro atoms. The van der Waals surface area contributed by atoms with Crippen LogP contribution < -0.4 is 15.4 Å². The first-order valence-corrected chi connectivity index (χ1v) is 13.0. The van der Waals surface area contributed by atoms with Crippen molar-refractivity contribution < 1.29 is 19.1 Å². The molecule has 0 aromatic heterocycles. The van der Waals surface area contributed by atoms with E-state index >= 15 is 0 Å². The van der Waals surface area contributed by atoms with Crippen molar-refractivity contribution in [2.75, 3.05) is 19.8 Å². The summed E-state index contributed by atoms with van der Waals surface area (Å²) < 4.78 is 12.1. The molecule has 3 atom stereocenters. The minimum absolute atomic E-state index is 0.0697. The number of carbonyl (C=O) groups is 2. The van der Waals surface area contributed by atoms with E-state index in [1.807, 2.05) is 18.2 Å². The molecular weight excluding hydrogens is 430 g/mol. The Morgan fingerprint density at radius 2 is 1.91 bits per heavy atom. The van der Waals surface area contributed by atoms with Crippen LogP contribution in [-0.2, 0) is 16.1 Å². The first-order chi connectivity index (χ1) is 16.6. The van der Waals surface area contributed by atoms with Crippen molar-refractivity contribution in [2.24, 2.45) is 5.92 Å². The molecular formula is C27H37N3O4. The van der Waals surface area contributed by atoms with E-state index < -0.39 is 6.04 Å². The predicted octanol–water partition coefficient (Wildman–Crippen LogP) is 3.53. The van der Waals surface area contributed by atoms with Crippen LogP contribution in [0.15, 0.2) is 30.5 Å². The van der Waals surface area contributed by atoms with Crippen molar-refractivity contribution in [3.05, 3.63) is 41.6 Å². The fraction of sp³-hybridized carbons (Fsp3) is 0.630. The molecule has 1 unspecified atom stereocenters. The molecule has 2 N–H and O–H groups in total. The molecule has 34 heavy (non-hydrogen) atoms. The molecule has 5 rings (SSSR count). The van der Waals surface area contributed by atoms with Gasteiger partial charge in [-0.1, -0.05) is 19.4 Å². The minimum Gasteiger partial charge on any atom is -0.489 e. The van der Waals surface area contributed by atoms with Gasteiger partial charge in [-0.05, 0) is 81.2 Å². The van der Waals surface area contributed by atoms with Gasteiger partial charge in [0.2, 0.25) is 5.91 Å². The van der Waals surface area contributed by atoms with Gasteiger partial charge in [-0.2, -0.15) is 0 Å². The maximum atomic E-state index is 13.0. The standard InChI is InChI=1S/C27H37N3O4/c1-18-7-10-24(26(31)29-18)30-17-20-15-21(8-9-22(20)27(30)32)34-25-6-4-2-3-5-23(25)28-16-19-11-13-33-14-12-19/h8-9,15,19,23-25,28H,1-7,10-14,16-17H2,(H,29,31)/t23-,24?,25-/m1/s1. The Bertz CT molecular complexity index is 926. The summed E-state index contributed by atoms with van der Waals surface area (Å²) >= 11 is 0. The first kappa shape index (κ1) is 23.4. The average molecular weight is 468 g/mol. The Morgan fingerprint density at radius 3 is 2.74 bits per heavy atom. The van der Waals surface area contributed by atoms with Crippen LogP contribution in [0.1, 0.15) is 73.7 Å². The normalized spacial score (nSPS) is 28.4. The third-order valence-electron chi connectivity index (χ3n) is 7.86. The summed E-state index contributed by atoms with van der Waals surface area (Å²) in [7, 11) is 0. The number of hydrogen-bond donors (Lipinski definition) is 2. The van der Waals surface area contributed by atoms with Crippen LogP contribution in [0, 0.1) is 5.92 Å². The monoisotopic (exact) mass is 467 g/mol. The van der Waals surface area contributed by atoms with Crippen LogP contribution in [0.3, 0.4) is 0 Å². The third-order valence-corrected chi connectivity index (χ3v) is 7.86. The van der Waals surface area contributed by atoms with Gasteiger partial charge in [-0.15, -0.1) is 0 Å². The van der Waals surface area contributed by atoms with E-state index in [0.29, 0.717) is 36.9 Å². The number of piperidine rings is 1. The van der Waals surface area contributed by atoms with Crippen molar-refractivity contribution in [3.63, 3.8) is 0 Å². The van der Waals surface area contributed by atoms with Crippen LogP contribution in [0.5, 0.6) is 5.75 Å². The summed E-state index contributed by atoms with van der Waals surface area (Å²) in [6, 6.07) is 5.70. The first-order valence-electron chi connectivity index (χ1n) is 13.0. The molecule has 3 fully saturated rings. The highest BCUT2D eigenvalue weighted by atomic mass is 16.5. The zero-order valence-corrected chi connectivity index (χ0v) is 20.0. The topological polar surface area (TPSA) is 79.9 Å². The molecule has 3 heterocycles. The number of benzene rings is 1. The maximum Gasteiger partial charge on any atom is 0.255 e. The van der Waals surface area contributed by atoms with E-state index in [0.717, 1.165) is 62.5 Å². The lowest BCUT2D eigenvalue weighted by Crippen LogP contribution is -2.49. The summed E-state index contributed by atoms with van der Waals surface area (Å²) in [6.45, 7) is 7.06. The number of fused-ring (bicyclic) bond motifs is 1. The van der Waals surface area contributed by atoms with E-state index in [4.69, 9.17) is 9.47 Å². The van der Waals surface area contributed by atoms with Gasteiger partial charge in [0.15, 0.2) is 0 Å². The number of nitrogens with zero attached hydrogens (tertiary/aromatic N) is 1. The van der Waals surface area contributed by atoms with Gasteiger partial charge < -0.3 is 25.0 Å². The van der Waals surface area contributed by atoms with Gasteiger partial charge in [0.25, 0.3) is 5.91 Å². The second-order valence-electron chi connectivity index (χ2n) is 10.3. The Morgan fingerprint density at radius 1 is 1.09 bits per heavy atom. The molecule has 1 aromatic rings. The van der Waals surface area contributed by atoms with E-state index in [1.165, 1.54) is 19.3 Å². The lowest BCUT2D eigenvalue weighted by molar-refractivity contribution is -0.126. The smallest absolute Gasteiger partial charge is 0.255 e. The van der Waals surface area contributed by atoms with Gasteiger partial charge in [0, 0.05) is 37.1 Å². The highest BCUT2D eigenvalue weighted by Gasteiger charge is 2.38. The van der Waals surface area contributed by atoms with Gasteiger partial charge in [-0.25, -0.2) is 0 Å². The lowest BCUT2D eigenvalue weighted by atomic mass is 9.98. The molecule has 2 saturated heterocycles. The quantitative estimate of drug-likeness (QED) is 0.626. The molecule has 1 aliphatic carbocycles. The Labute approximate surface area is 202 Å². The van der Waals surface area contributed by atoms with E-state index in [-0.39, 0.29) is 17.9 Å². The largest absolute Gasteiger partial charge is 0.489 e. The lowest BCUT2D eigenvalue weighted by Gasteiger charge is -2.31. The molecule has 7 heteroatoms. The van der Waals surface area contributed by atoms with E-state index in [9.17, 15) is 9.59 Å². The van der Waals surface area contributed by atoms with Gasteiger partial charge >= 0.3 is 0 Å². The summed E-state index contributed by atoms with van der Waals surface area (Å²) in [5, 5.41) is 6.62. The van der Waals surface area contributed by atoms with Gasteiger partial charge in [-0.3, -0.25) is 9.59 Å². The number of amides is 2. The Kier molecular flexibility index (Phi) is 7.21. The fourth-order valence-corrected chi connectivity index (χ4v) is 5.80. The van der Waals surface area contributed by atoms with E-state index in [1.54, 1.807) is 4.90 Å². The number of nitrogens with one attached hydrogen (secondary N) is 2. The predicted molar refractivity (Wildman–Crippen MR) is 129 cm³/mol. The molecule has 4 aliphatic rings. The number of carbonyl (C=O) groups excluding carboxylic acids is 2. The van der Waals surface area contributed by atoms with Gasteiger partial charge in [0.05, 0.1) is 0 Å². The number of rotatable bonds is 6. The minimum atomic E-state index is -0.435. The Hall–Kier alpha value is -2.38. The van der Waals surface area contributed by atoms with E-state index in [2.05, 4.69) is 17.2 Å². The Balaban J connectivity index is 1.24. The van der Waals surface area contributed by atoms with Crippen molar-refractivity contribution in [2.45, 2.75) is 82.5 Å². The molecule has 1 saturated carbocycles. The van der Waals surface area contributed by atoms with Gasteiger partial charge in [0.1, 0.15) is 17.9 Å². The second kappa shape index (κ2) is 10.5. The summed E-state index contributed by atoms with van der Waals surface area (Å²) in [5.74, 6) is 1.30. The van der Waals surface area contributed by atoms with Crippen LogP contribution in [0.2, 0.25) is 0 Å². The zero-order chi connectivity index (χ0) is 23.5. The molecule has 7 nitrogen and oxygen atoms in total. The van der Waals surface area contributed by atoms with Crippen LogP contribution >= 0.6 is 0 Å². The zero-order valence-electron chi connectivity index (χ0n) is 20.0.